The molecule has 1 N–H and O–H groups in total. The van der Waals surface area contributed by atoms with Crippen LogP contribution in [0.25, 0.3) is 10.8 Å². The van der Waals surface area contributed by atoms with E-state index in [-0.39, 0.29) is 18.4 Å². The van der Waals surface area contributed by atoms with Crippen molar-refractivity contribution in [2.45, 2.75) is 13.0 Å². The van der Waals surface area contributed by atoms with Gasteiger partial charge in [-0.2, -0.15) is 5.10 Å². The van der Waals surface area contributed by atoms with Crippen molar-refractivity contribution in [3.63, 3.8) is 0 Å². The van der Waals surface area contributed by atoms with Crippen LogP contribution < -0.4 is 5.32 Å². The summed E-state index contributed by atoms with van der Waals surface area (Å²) >= 11 is 0. The number of ether oxygens (including phenoxy) is 1. The van der Waals surface area contributed by atoms with Crippen molar-refractivity contribution >= 4 is 22.6 Å². The number of nitrogens with zero attached hydrogens (tertiary/aromatic N) is 2. The van der Waals surface area contributed by atoms with E-state index in [0.29, 0.717) is 18.5 Å². The molecule has 1 unspecified atom stereocenters. The number of nitrogens with one attached hydrogen (secondary N) is 1. The summed E-state index contributed by atoms with van der Waals surface area (Å²) in [5.41, 5.74) is 2.62. The molecule has 4 rings (SSSR count). The Hall–Kier alpha value is -3.93. The summed E-state index contributed by atoms with van der Waals surface area (Å²) in [6, 6.07) is 23.5. The lowest BCUT2D eigenvalue weighted by Crippen LogP contribution is -2.34. The van der Waals surface area contributed by atoms with Crippen molar-refractivity contribution < 1.29 is 14.3 Å². The number of rotatable bonds is 8. The Morgan fingerprint density at radius 3 is 2.44 bits per heavy atom. The fourth-order valence-corrected chi connectivity index (χ4v) is 3.72. The fourth-order valence-electron chi connectivity index (χ4n) is 3.72. The number of methoxy groups -OCH3 is 1. The maximum Gasteiger partial charge on any atom is 0.310 e. The predicted octanol–water partition coefficient (Wildman–Crippen LogP) is 3.85. The van der Waals surface area contributed by atoms with E-state index < -0.39 is 5.92 Å². The normalized spacial score (nSPS) is 11.8. The van der Waals surface area contributed by atoms with Gasteiger partial charge in [-0.25, -0.2) is 0 Å². The Labute approximate surface area is 186 Å². The van der Waals surface area contributed by atoms with E-state index >= 15 is 0 Å². The Balaban J connectivity index is 1.39. The van der Waals surface area contributed by atoms with Crippen molar-refractivity contribution in [3.05, 3.63) is 102 Å². The molecule has 0 spiro atoms. The van der Waals surface area contributed by atoms with Crippen LogP contribution in [0, 0.1) is 5.92 Å². The first kappa shape index (κ1) is 21.3. The van der Waals surface area contributed by atoms with Gasteiger partial charge in [0.05, 0.1) is 19.6 Å². The number of aromatic nitrogens is 2. The smallest absolute Gasteiger partial charge is 0.310 e. The van der Waals surface area contributed by atoms with Crippen LogP contribution in [-0.4, -0.2) is 35.3 Å². The quantitative estimate of drug-likeness (QED) is 0.434. The third kappa shape index (κ3) is 5.21. The summed E-state index contributed by atoms with van der Waals surface area (Å²) in [7, 11) is 1.37. The van der Waals surface area contributed by atoms with E-state index in [1.54, 1.807) is 18.3 Å². The molecule has 0 aliphatic rings. The lowest BCUT2D eigenvalue weighted by atomic mass is 9.97. The summed E-state index contributed by atoms with van der Waals surface area (Å²) < 4.78 is 6.80. The molecule has 3 aromatic carbocycles. The molecule has 0 saturated heterocycles. The molecule has 0 bridgehead atoms. The van der Waals surface area contributed by atoms with Gasteiger partial charge in [0.1, 0.15) is 0 Å². The number of carbonyl (C=O) groups is 2. The van der Waals surface area contributed by atoms with Crippen molar-refractivity contribution in [1.82, 2.24) is 15.1 Å². The Morgan fingerprint density at radius 2 is 1.72 bits per heavy atom. The van der Waals surface area contributed by atoms with Crippen LogP contribution in [0.1, 0.15) is 21.5 Å². The number of carbonyl (C=O) groups excluding carboxylic acids is 2. The molecule has 0 radical (unpaired) electrons. The van der Waals surface area contributed by atoms with E-state index in [0.717, 1.165) is 21.9 Å². The van der Waals surface area contributed by atoms with Crippen LogP contribution in [0.4, 0.5) is 0 Å². The van der Waals surface area contributed by atoms with Gasteiger partial charge >= 0.3 is 5.97 Å². The van der Waals surface area contributed by atoms with Crippen molar-refractivity contribution in [2.75, 3.05) is 13.7 Å². The van der Waals surface area contributed by atoms with Gasteiger partial charge in [-0.15, -0.1) is 0 Å². The number of amides is 1. The van der Waals surface area contributed by atoms with Crippen molar-refractivity contribution in [1.29, 1.82) is 0 Å². The molecule has 1 aromatic heterocycles. The number of benzene rings is 3. The zero-order valence-corrected chi connectivity index (χ0v) is 17.9. The highest BCUT2D eigenvalue weighted by molar-refractivity contribution is 5.94. The summed E-state index contributed by atoms with van der Waals surface area (Å²) in [5, 5.41) is 9.33. The average Bonchev–Trinajstić information content (AvgIpc) is 3.34. The molecule has 6 heteroatoms. The molecule has 4 aromatic rings. The van der Waals surface area contributed by atoms with Gasteiger partial charge in [0.15, 0.2) is 0 Å². The van der Waals surface area contributed by atoms with Crippen LogP contribution in [-0.2, 0) is 22.5 Å². The molecule has 1 heterocycles. The highest BCUT2D eigenvalue weighted by Gasteiger charge is 2.21. The van der Waals surface area contributed by atoms with Gasteiger partial charge in [0.2, 0.25) is 0 Å². The zero-order chi connectivity index (χ0) is 22.3. The first-order valence-corrected chi connectivity index (χ1v) is 10.5. The van der Waals surface area contributed by atoms with Gasteiger partial charge in [-0.1, -0.05) is 54.6 Å². The van der Waals surface area contributed by atoms with Gasteiger partial charge in [-0.3, -0.25) is 14.3 Å². The van der Waals surface area contributed by atoms with Crippen molar-refractivity contribution in [3.8, 4) is 0 Å². The number of hydrogen-bond acceptors (Lipinski definition) is 4. The molecule has 162 valence electrons. The molecule has 1 amide bonds. The lowest BCUT2D eigenvalue weighted by Gasteiger charge is -2.16. The van der Waals surface area contributed by atoms with Gasteiger partial charge in [0.25, 0.3) is 5.91 Å². The van der Waals surface area contributed by atoms with Crippen LogP contribution in [0.3, 0.4) is 0 Å². The van der Waals surface area contributed by atoms with Crippen LogP contribution in [0.15, 0.2) is 85.2 Å². The number of hydrogen-bond donors (Lipinski definition) is 1. The fraction of sp³-hybridized carbons (Fsp3) is 0.192. The maximum atomic E-state index is 12.6. The molecule has 0 saturated carbocycles. The molecular formula is C26H25N3O3. The second-order valence-electron chi connectivity index (χ2n) is 7.72. The highest BCUT2D eigenvalue weighted by Crippen LogP contribution is 2.18. The van der Waals surface area contributed by atoms with Crippen LogP contribution in [0.5, 0.6) is 0 Å². The Bertz CT molecular complexity index is 1200. The van der Waals surface area contributed by atoms with E-state index in [1.165, 1.54) is 7.11 Å². The summed E-state index contributed by atoms with van der Waals surface area (Å²) in [4.78, 5) is 25.0. The number of fused-ring (bicyclic) bond motifs is 1. The van der Waals surface area contributed by atoms with Gasteiger partial charge in [-0.05, 0) is 46.5 Å². The van der Waals surface area contributed by atoms with E-state index in [9.17, 15) is 9.59 Å². The third-order valence-corrected chi connectivity index (χ3v) is 5.46. The monoisotopic (exact) mass is 427 g/mol. The molecular weight excluding hydrogens is 402 g/mol. The molecule has 0 fully saturated rings. The van der Waals surface area contributed by atoms with Gasteiger partial charge < -0.3 is 10.1 Å². The Kier molecular flexibility index (Phi) is 6.60. The van der Waals surface area contributed by atoms with Crippen LogP contribution in [0.2, 0.25) is 0 Å². The SMILES string of the molecule is COC(=O)C(CNC(=O)c1ccc(Cn2cccn2)cc1)Cc1ccc2ccccc2c1. The minimum Gasteiger partial charge on any atom is -0.469 e. The highest BCUT2D eigenvalue weighted by atomic mass is 16.5. The number of esters is 1. The van der Waals surface area contributed by atoms with E-state index in [2.05, 4.69) is 22.5 Å². The largest absolute Gasteiger partial charge is 0.469 e. The summed E-state index contributed by atoms with van der Waals surface area (Å²) in [6.07, 6.45) is 4.11. The zero-order valence-electron chi connectivity index (χ0n) is 17.9. The van der Waals surface area contributed by atoms with Crippen LogP contribution >= 0.6 is 0 Å². The standard InChI is InChI=1S/C26H25N3O3/c1-32-26(31)24(16-20-9-10-21-5-2-3-6-23(21)15-20)17-27-25(30)22-11-7-19(8-12-22)18-29-14-4-13-28-29/h2-15,24H,16-18H2,1H3,(H,27,30). The molecule has 0 aliphatic heterocycles. The second-order valence-corrected chi connectivity index (χ2v) is 7.72. The maximum absolute atomic E-state index is 12.6. The topological polar surface area (TPSA) is 73.2 Å². The van der Waals surface area contributed by atoms with E-state index in [4.69, 9.17) is 4.74 Å². The minimum atomic E-state index is -0.468. The minimum absolute atomic E-state index is 0.202. The van der Waals surface area contributed by atoms with Crippen molar-refractivity contribution in [2.24, 2.45) is 5.92 Å². The Morgan fingerprint density at radius 1 is 0.969 bits per heavy atom. The summed E-state index contributed by atoms with van der Waals surface area (Å²) in [5.74, 6) is -1.03. The first-order chi connectivity index (χ1) is 15.6. The average molecular weight is 428 g/mol. The predicted molar refractivity (Wildman–Crippen MR) is 123 cm³/mol. The molecule has 6 nitrogen and oxygen atoms in total. The molecule has 1 atom stereocenters. The summed E-state index contributed by atoms with van der Waals surface area (Å²) in [6.45, 7) is 0.846. The second kappa shape index (κ2) is 9.92. The lowest BCUT2D eigenvalue weighted by molar-refractivity contribution is -0.145. The van der Waals surface area contributed by atoms with E-state index in [1.807, 2.05) is 59.4 Å². The first-order valence-electron chi connectivity index (χ1n) is 10.5. The van der Waals surface area contributed by atoms with Gasteiger partial charge in [0, 0.05) is 24.5 Å². The third-order valence-electron chi connectivity index (χ3n) is 5.46. The molecule has 32 heavy (non-hydrogen) atoms. The molecule has 0 aliphatic carbocycles.